The number of hydrogen-bond acceptors (Lipinski definition) is 2. The van der Waals surface area contributed by atoms with Gasteiger partial charge in [-0.25, -0.2) is 0 Å². The van der Waals surface area contributed by atoms with E-state index in [0.29, 0.717) is 5.92 Å². The summed E-state index contributed by atoms with van der Waals surface area (Å²) in [7, 11) is 0. The van der Waals surface area contributed by atoms with Crippen LogP contribution in [0.1, 0.15) is 31.2 Å². The van der Waals surface area contributed by atoms with E-state index in [0.717, 1.165) is 18.6 Å². The molecule has 2 atom stereocenters. The van der Waals surface area contributed by atoms with E-state index in [2.05, 4.69) is 13.0 Å². The third kappa shape index (κ3) is 1.75. The van der Waals surface area contributed by atoms with Crippen molar-refractivity contribution in [3.05, 3.63) is 29.8 Å². The molecule has 0 aliphatic carbocycles. The van der Waals surface area contributed by atoms with E-state index in [-0.39, 0.29) is 12.7 Å². The summed E-state index contributed by atoms with van der Waals surface area (Å²) in [6, 6.07) is 8.17. The fraction of sp³-hybridized carbons (Fsp3) is 0.500. The van der Waals surface area contributed by atoms with Crippen LogP contribution in [0.3, 0.4) is 0 Å². The van der Waals surface area contributed by atoms with E-state index in [9.17, 15) is 0 Å². The summed E-state index contributed by atoms with van der Waals surface area (Å²) in [4.78, 5) is 0. The van der Waals surface area contributed by atoms with E-state index >= 15 is 0 Å². The monoisotopic (exact) mass is 192 g/mol. The maximum atomic E-state index is 8.87. The van der Waals surface area contributed by atoms with Gasteiger partial charge in [0, 0.05) is 13.0 Å². The standard InChI is InChI=1S/C12H16O2/c1-9-8-10(6-7-13)14-12-5-3-2-4-11(9)12/h2-5,9-10,13H,6-8H2,1H3/t9-,10+/m1/s1. The number of para-hydroxylation sites is 1. The molecule has 2 rings (SSSR count). The van der Waals surface area contributed by atoms with Crippen LogP contribution in [0.5, 0.6) is 5.75 Å². The molecule has 14 heavy (non-hydrogen) atoms. The molecule has 0 radical (unpaired) electrons. The van der Waals surface area contributed by atoms with Crippen LogP contribution < -0.4 is 4.74 Å². The predicted molar refractivity (Wildman–Crippen MR) is 55.6 cm³/mol. The van der Waals surface area contributed by atoms with Gasteiger partial charge in [0.2, 0.25) is 0 Å². The third-order valence-corrected chi connectivity index (χ3v) is 2.81. The number of aliphatic hydroxyl groups excluding tert-OH is 1. The molecule has 1 aromatic rings. The van der Waals surface area contributed by atoms with Crippen LogP contribution in [-0.4, -0.2) is 17.8 Å². The maximum absolute atomic E-state index is 8.87. The second-order valence-electron chi connectivity index (χ2n) is 3.93. The van der Waals surface area contributed by atoms with Gasteiger partial charge < -0.3 is 9.84 Å². The third-order valence-electron chi connectivity index (χ3n) is 2.81. The minimum absolute atomic E-state index is 0.185. The zero-order valence-corrected chi connectivity index (χ0v) is 8.44. The lowest BCUT2D eigenvalue weighted by molar-refractivity contribution is 0.125. The molecule has 0 fully saturated rings. The van der Waals surface area contributed by atoms with Gasteiger partial charge >= 0.3 is 0 Å². The molecule has 0 spiro atoms. The summed E-state index contributed by atoms with van der Waals surface area (Å²) in [5.74, 6) is 1.53. The molecule has 0 amide bonds. The van der Waals surface area contributed by atoms with E-state index in [1.165, 1.54) is 5.56 Å². The number of fused-ring (bicyclic) bond motifs is 1. The first-order valence-electron chi connectivity index (χ1n) is 5.17. The molecule has 0 bridgehead atoms. The highest BCUT2D eigenvalue weighted by Crippen LogP contribution is 2.36. The molecular weight excluding hydrogens is 176 g/mol. The first-order valence-corrected chi connectivity index (χ1v) is 5.17. The second-order valence-corrected chi connectivity index (χ2v) is 3.93. The van der Waals surface area contributed by atoms with E-state index in [1.807, 2.05) is 18.2 Å². The van der Waals surface area contributed by atoms with Crippen LogP contribution in [-0.2, 0) is 0 Å². The lowest BCUT2D eigenvalue weighted by Crippen LogP contribution is -2.25. The van der Waals surface area contributed by atoms with Crippen LogP contribution >= 0.6 is 0 Å². The fourth-order valence-electron chi connectivity index (χ4n) is 2.06. The summed E-state index contributed by atoms with van der Waals surface area (Å²) in [6.45, 7) is 2.42. The molecule has 1 aliphatic heterocycles. The number of hydrogen-bond donors (Lipinski definition) is 1. The lowest BCUT2D eigenvalue weighted by Gasteiger charge is -2.30. The molecule has 0 aromatic heterocycles. The minimum atomic E-state index is 0.185. The molecule has 2 heteroatoms. The fourth-order valence-corrected chi connectivity index (χ4v) is 2.06. The zero-order chi connectivity index (χ0) is 9.97. The highest BCUT2D eigenvalue weighted by molar-refractivity contribution is 5.37. The molecule has 1 N–H and O–H groups in total. The Hall–Kier alpha value is -1.02. The smallest absolute Gasteiger partial charge is 0.123 e. The summed E-state index contributed by atoms with van der Waals surface area (Å²) < 4.78 is 5.78. The van der Waals surface area contributed by atoms with Gasteiger partial charge in [-0.1, -0.05) is 25.1 Å². The summed E-state index contributed by atoms with van der Waals surface area (Å²) >= 11 is 0. The van der Waals surface area contributed by atoms with Crippen LogP contribution in [0.4, 0.5) is 0 Å². The van der Waals surface area contributed by atoms with Crippen LogP contribution in [0, 0.1) is 0 Å². The summed E-state index contributed by atoms with van der Waals surface area (Å²) in [5, 5.41) is 8.87. The molecule has 1 heterocycles. The van der Waals surface area contributed by atoms with Gasteiger partial charge in [-0.05, 0) is 24.0 Å². The molecule has 0 saturated carbocycles. The molecule has 2 nitrogen and oxygen atoms in total. The van der Waals surface area contributed by atoms with Gasteiger partial charge in [0.15, 0.2) is 0 Å². The number of benzene rings is 1. The molecule has 1 aromatic carbocycles. The van der Waals surface area contributed by atoms with Crippen molar-refractivity contribution in [2.75, 3.05) is 6.61 Å². The Balaban J connectivity index is 2.20. The van der Waals surface area contributed by atoms with Gasteiger partial charge in [0.1, 0.15) is 11.9 Å². The van der Waals surface area contributed by atoms with E-state index in [4.69, 9.17) is 9.84 Å². The van der Waals surface area contributed by atoms with Crippen molar-refractivity contribution in [3.8, 4) is 5.75 Å². The first kappa shape index (κ1) is 9.53. The average Bonchev–Trinajstić information content (AvgIpc) is 2.18. The number of rotatable bonds is 2. The van der Waals surface area contributed by atoms with Gasteiger partial charge in [-0.2, -0.15) is 0 Å². The van der Waals surface area contributed by atoms with Crippen molar-refractivity contribution in [1.82, 2.24) is 0 Å². The quantitative estimate of drug-likeness (QED) is 0.779. The first-order chi connectivity index (χ1) is 6.81. The average molecular weight is 192 g/mol. The van der Waals surface area contributed by atoms with Crippen LogP contribution in [0.15, 0.2) is 24.3 Å². The van der Waals surface area contributed by atoms with E-state index in [1.54, 1.807) is 0 Å². The van der Waals surface area contributed by atoms with Crippen molar-refractivity contribution in [1.29, 1.82) is 0 Å². The molecular formula is C12H16O2. The van der Waals surface area contributed by atoms with Crippen molar-refractivity contribution >= 4 is 0 Å². The van der Waals surface area contributed by atoms with Crippen molar-refractivity contribution in [2.24, 2.45) is 0 Å². The van der Waals surface area contributed by atoms with Crippen LogP contribution in [0.2, 0.25) is 0 Å². The SMILES string of the molecule is C[C@@H]1C[C@H](CCO)Oc2ccccc21. The van der Waals surface area contributed by atoms with Gasteiger partial charge in [0.25, 0.3) is 0 Å². The molecule has 1 aliphatic rings. The second kappa shape index (κ2) is 4.01. The van der Waals surface area contributed by atoms with Crippen molar-refractivity contribution in [2.45, 2.75) is 31.8 Å². The Morgan fingerprint density at radius 2 is 2.21 bits per heavy atom. The van der Waals surface area contributed by atoms with Gasteiger partial charge in [-0.15, -0.1) is 0 Å². The van der Waals surface area contributed by atoms with E-state index < -0.39 is 0 Å². The van der Waals surface area contributed by atoms with Crippen molar-refractivity contribution < 1.29 is 9.84 Å². The molecule has 76 valence electrons. The van der Waals surface area contributed by atoms with Crippen molar-refractivity contribution in [3.63, 3.8) is 0 Å². The Labute approximate surface area is 84.5 Å². The predicted octanol–water partition coefficient (Wildman–Crippen LogP) is 2.32. The Morgan fingerprint density at radius 3 is 3.00 bits per heavy atom. The zero-order valence-electron chi connectivity index (χ0n) is 8.44. The van der Waals surface area contributed by atoms with Gasteiger partial charge in [0.05, 0.1) is 0 Å². The normalized spacial score (nSPS) is 25.3. The highest BCUT2D eigenvalue weighted by Gasteiger charge is 2.24. The Morgan fingerprint density at radius 1 is 1.43 bits per heavy atom. The van der Waals surface area contributed by atoms with Gasteiger partial charge in [-0.3, -0.25) is 0 Å². The summed E-state index contributed by atoms with van der Waals surface area (Å²) in [5.41, 5.74) is 1.29. The topological polar surface area (TPSA) is 29.5 Å². The lowest BCUT2D eigenvalue weighted by atomic mass is 9.90. The number of ether oxygens (including phenoxy) is 1. The molecule has 0 unspecified atom stereocenters. The Bertz CT molecular complexity index is 309. The maximum Gasteiger partial charge on any atom is 0.123 e. The highest BCUT2D eigenvalue weighted by atomic mass is 16.5. The van der Waals surface area contributed by atoms with Crippen LogP contribution in [0.25, 0.3) is 0 Å². The molecule has 0 saturated heterocycles. The Kier molecular flexibility index (Phi) is 2.73. The number of aliphatic hydroxyl groups is 1. The summed E-state index contributed by atoms with van der Waals surface area (Å²) in [6.07, 6.45) is 1.93. The minimum Gasteiger partial charge on any atom is -0.490 e. The largest absolute Gasteiger partial charge is 0.490 e.